The lowest BCUT2D eigenvalue weighted by Gasteiger charge is -2.32. The first-order valence-electron chi connectivity index (χ1n) is 12.8. The maximum atomic E-state index is 12.6. The highest BCUT2D eigenvalue weighted by atomic mass is 32.1. The van der Waals surface area contributed by atoms with Crippen LogP contribution < -0.4 is 4.74 Å². The molecule has 36 heavy (non-hydrogen) atoms. The van der Waals surface area contributed by atoms with Gasteiger partial charge in [-0.25, -0.2) is 4.79 Å². The lowest BCUT2D eigenvalue weighted by molar-refractivity contribution is -0.195. The van der Waals surface area contributed by atoms with Gasteiger partial charge in [0.25, 0.3) is 0 Å². The molecule has 2 aliphatic rings. The average Bonchev–Trinajstić information content (AvgIpc) is 3.36. The molecule has 0 aliphatic carbocycles. The normalized spacial score (nSPS) is 24.8. The molecule has 1 unspecified atom stereocenters. The van der Waals surface area contributed by atoms with Crippen LogP contribution in [0.5, 0.6) is 5.88 Å². The van der Waals surface area contributed by atoms with Crippen LogP contribution in [-0.4, -0.2) is 59.8 Å². The van der Waals surface area contributed by atoms with E-state index in [-0.39, 0.29) is 22.9 Å². The molecule has 2 saturated heterocycles. The monoisotopic (exact) mass is 516 g/mol. The van der Waals surface area contributed by atoms with E-state index in [1.54, 1.807) is 22.9 Å². The lowest BCUT2D eigenvalue weighted by atomic mass is 10.00. The Kier molecular flexibility index (Phi) is 8.90. The van der Waals surface area contributed by atoms with Crippen molar-refractivity contribution < 1.29 is 28.5 Å². The number of hydrogen-bond donors (Lipinski definition) is 0. The van der Waals surface area contributed by atoms with Crippen molar-refractivity contribution in [3.63, 3.8) is 0 Å². The minimum absolute atomic E-state index is 0.180. The van der Waals surface area contributed by atoms with Crippen molar-refractivity contribution in [1.82, 2.24) is 9.55 Å². The van der Waals surface area contributed by atoms with Crippen LogP contribution in [0.1, 0.15) is 67.2 Å². The third-order valence-electron chi connectivity index (χ3n) is 6.60. The fourth-order valence-corrected chi connectivity index (χ4v) is 4.73. The highest BCUT2D eigenvalue weighted by Gasteiger charge is 2.63. The summed E-state index contributed by atoms with van der Waals surface area (Å²) in [4.78, 5) is 17.0. The number of carbonyl (C=O) groups is 1. The second-order valence-corrected chi connectivity index (χ2v) is 9.94. The van der Waals surface area contributed by atoms with E-state index in [9.17, 15) is 4.79 Å². The Hall–Kier alpha value is -2.17. The molecule has 2 aliphatic heterocycles. The quantitative estimate of drug-likeness (QED) is 0.219. The van der Waals surface area contributed by atoms with Crippen molar-refractivity contribution in [2.45, 2.75) is 77.4 Å². The maximum Gasteiger partial charge on any atom is 0.344 e. The van der Waals surface area contributed by atoms with Gasteiger partial charge >= 0.3 is 5.97 Å². The zero-order valence-electron chi connectivity index (χ0n) is 21.5. The summed E-state index contributed by atoms with van der Waals surface area (Å²) in [5.74, 6) is -0.302. The number of hydrogen-bond acceptors (Lipinski definition) is 8. The number of benzene rings is 1. The van der Waals surface area contributed by atoms with Gasteiger partial charge in [-0.05, 0) is 51.0 Å². The Morgan fingerprint density at radius 2 is 1.89 bits per heavy atom. The highest BCUT2D eigenvalue weighted by Crippen LogP contribution is 2.47. The Morgan fingerprint density at radius 1 is 1.17 bits per heavy atom. The van der Waals surface area contributed by atoms with E-state index in [2.05, 4.69) is 18.8 Å². The Morgan fingerprint density at radius 3 is 2.61 bits per heavy atom. The predicted octanol–water partition coefficient (Wildman–Crippen LogP) is 5.12. The number of ether oxygens (including phenoxy) is 5. The Balaban J connectivity index is 1.53. The van der Waals surface area contributed by atoms with E-state index in [1.807, 2.05) is 26.0 Å². The molecule has 0 spiro atoms. The van der Waals surface area contributed by atoms with Crippen LogP contribution in [0.15, 0.2) is 30.5 Å². The number of esters is 1. The van der Waals surface area contributed by atoms with E-state index in [1.165, 1.54) is 0 Å². The van der Waals surface area contributed by atoms with Gasteiger partial charge in [-0.1, -0.05) is 44.4 Å². The van der Waals surface area contributed by atoms with Gasteiger partial charge in [-0.3, -0.25) is 4.57 Å². The molecule has 8 nitrogen and oxygen atoms in total. The molecule has 196 valence electrons. The standard InChI is InChI=1S/C27H36N2O6S/c1-5-7-13-31-16-27-17-33-21(22(27)32-14-8-6-2)24(35-27)29-15-19(4)23(28-26(29)36)34-25(30)20-11-9-18(3)10-12-20/h9-12,15,21-22,24H,5-8,13-14,16-17H2,1-4H3/t21-,22?,24+,27+/m0/s1. The summed E-state index contributed by atoms with van der Waals surface area (Å²) in [5.41, 5.74) is 1.47. The zero-order valence-corrected chi connectivity index (χ0v) is 22.3. The van der Waals surface area contributed by atoms with E-state index in [0.717, 1.165) is 31.2 Å². The van der Waals surface area contributed by atoms with Gasteiger partial charge in [0, 0.05) is 25.0 Å². The number of nitrogens with zero attached hydrogens (tertiary/aromatic N) is 2. The molecule has 1 aromatic carbocycles. The lowest BCUT2D eigenvalue weighted by Crippen LogP contribution is -2.46. The molecule has 2 fully saturated rings. The largest absolute Gasteiger partial charge is 0.403 e. The van der Waals surface area contributed by atoms with Crippen molar-refractivity contribution in [2.75, 3.05) is 26.4 Å². The zero-order chi connectivity index (χ0) is 25.7. The summed E-state index contributed by atoms with van der Waals surface area (Å²) < 4.78 is 32.6. The first-order valence-corrected chi connectivity index (χ1v) is 13.2. The summed E-state index contributed by atoms with van der Waals surface area (Å²) >= 11 is 5.59. The topological polar surface area (TPSA) is 81.0 Å². The van der Waals surface area contributed by atoms with E-state index < -0.39 is 17.8 Å². The minimum Gasteiger partial charge on any atom is -0.403 e. The van der Waals surface area contributed by atoms with Crippen LogP contribution >= 0.6 is 12.2 Å². The number of aryl methyl sites for hydroxylation is 2. The predicted molar refractivity (Wildman–Crippen MR) is 137 cm³/mol. The third kappa shape index (κ3) is 5.70. The molecule has 9 heteroatoms. The Bertz CT molecular complexity index is 1100. The van der Waals surface area contributed by atoms with Crippen molar-refractivity contribution >= 4 is 18.2 Å². The Labute approximate surface area is 217 Å². The molecule has 2 aromatic rings. The summed E-state index contributed by atoms with van der Waals surface area (Å²) in [7, 11) is 0. The molecule has 3 heterocycles. The van der Waals surface area contributed by atoms with E-state index in [0.29, 0.717) is 37.6 Å². The molecule has 4 rings (SSSR count). The number of fused-ring (bicyclic) bond motifs is 2. The summed E-state index contributed by atoms with van der Waals surface area (Å²) in [6.45, 7) is 10.1. The van der Waals surface area contributed by atoms with Crippen LogP contribution in [0.25, 0.3) is 0 Å². The second-order valence-electron chi connectivity index (χ2n) is 9.57. The number of aromatic nitrogens is 2. The first-order chi connectivity index (χ1) is 17.4. The summed E-state index contributed by atoms with van der Waals surface area (Å²) in [6.07, 6.45) is 4.73. The molecular weight excluding hydrogens is 480 g/mol. The van der Waals surface area contributed by atoms with Crippen molar-refractivity contribution in [2.24, 2.45) is 0 Å². The van der Waals surface area contributed by atoms with Gasteiger partial charge < -0.3 is 23.7 Å². The molecule has 2 bridgehead atoms. The van der Waals surface area contributed by atoms with E-state index >= 15 is 0 Å². The summed E-state index contributed by atoms with van der Waals surface area (Å²) in [6, 6.07) is 7.18. The van der Waals surface area contributed by atoms with Crippen LogP contribution in [0.3, 0.4) is 0 Å². The molecule has 0 radical (unpaired) electrons. The molecule has 0 N–H and O–H groups in total. The maximum absolute atomic E-state index is 12.6. The van der Waals surface area contributed by atoms with Gasteiger partial charge in [-0.15, -0.1) is 0 Å². The molecular formula is C27H36N2O6S. The number of rotatable bonds is 12. The minimum atomic E-state index is -0.698. The average molecular weight is 517 g/mol. The van der Waals surface area contributed by atoms with Crippen molar-refractivity contribution in [3.05, 3.63) is 51.9 Å². The van der Waals surface area contributed by atoms with Crippen molar-refractivity contribution in [3.8, 4) is 5.88 Å². The first kappa shape index (κ1) is 26.9. The van der Waals surface area contributed by atoms with Crippen LogP contribution in [-0.2, 0) is 18.9 Å². The van der Waals surface area contributed by atoms with Crippen LogP contribution in [0.2, 0.25) is 0 Å². The van der Waals surface area contributed by atoms with E-state index in [4.69, 9.17) is 35.9 Å². The van der Waals surface area contributed by atoms with Gasteiger partial charge in [0.1, 0.15) is 17.8 Å². The molecule has 0 amide bonds. The number of carbonyl (C=O) groups excluding carboxylic acids is 1. The van der Waals surface area contributed by atoms with Crippen LogP contribution in [0, 0.1) is 18.6 Å². The van der Waals surface area contributed by atoms with Gasteiger partial charge in [-0.2, -0.15) is 4.98 Å². The molecule has 0 saturated carbocycles. The fourth-order valence-electron chi connectivity index (χ4n) is 4.49. The third-order valence-corrected chi connectivity index (χ3v) is 6.90. The molecule has 1 aromatic heterocycles. The SMILES string of the molecule is CCCCOC[C@@]12CO[C@@H](C1OCCCC)[C@H](n1cc(C)c(OC(=O)c3ccc(C)cc3)nc1=S)O2. The van der Waals surface area contributed by atoms with Crippen molar-refractivity contribution in [1.29, 1.82) is 0 Å². The van der Waals surface area contributed by atoms with Gasteiger partial charge in [0.05, 0.1) is 18.8 Å². The second kappa shape index (κ2) is 11.9. The smallest absolute Gasteiger partial charge is 0.344 e. The van der Waals surface area contributed by atoms with Gasteiger partial charge in [0.2, 0.25) is 10.7 Å². The summed E-state index contributed by atoms with van der Waals surface area (Å²) in [5, 5.41) is 0. The van der Waals surface area contributed by atoms with Crippen LogP contribution in [0.4, 0.5) is 0 Å². The molecule has 4 atom stereocenters. The fraction of sp³-hybridized carbons (Fsp3) is 0.593. The highest BCUT2D eigenvalue weighted by molar-refractivity contribution is 7.71. The van der Waals surface area contributed by atoms with Gasteiger partial charge in [0.15, 0.2) is 6.23 Å². The number of unbranched alkanes of at least 4 members (excludes halogenated alkanes) is 2.